The molecular weight excluding hydrogens is 484 g/mol. The third kappa shape index (κ3) is 4.04. The largest absolute Gasteiger partial charge is 0.328 e. The van der Waals surface area contributed by atoms with E-state index < -0.39 is 0 Å². The number of nitrogens with one attached hydrogen (secondary N) is 1. The number of benzene rings is 2. The van der Waals surface area contributed by atoms with Gasteiger partial charge in [-0.05, 0) is 47.6 Å². The van der Waals surface area contributed by atoms with Crippen LogP contribution in [0.2, 0.25) is 0 Å². The lowest BCUT2D eigenvalue weighted by Crippen LogP contribution is -2.36. The van der Waals surface area contributed by atoms with Crippen molar-refractivity contribution in [1.29, 1.82) is 0 Å². The van der Waals surface area contributed by atoms with Crippen LogP contribution in [0.1, 0.15) is 49.4 Å². The lowest BCUT2D eigenvalue weighted by molar-refractivity contribution is -0.118. The van der Waals surface area contributed by atoms with Crippen LogP contribution in [0.3, 0.4) is 0 Å². The zero-order valence-corrected chi connectivity index (χ0v) is 20.8. The molecule has 0 saturated carbocycles. The highest BCUT2D eigenvalue weighted by molar-refractivity contribution is 9.10. The average Bonchev–Trinajstić information content (AvgIpc) is 3.13. The minimum atomic E-state index is -0.275. The summed E-state index contributed by atoms with van der Waals surface area (Å²) in [6.45, 7) is 6.41. The number of rotatable bonds is 4. The minimum Gasteiger partial charge on any atom is -0.328 e. The number of carbonyl (C=O) groups excluding carboxylic acids is 1. The second-order valence-electron chi connectivity index (χ2n) is 9.29. The predicted molar refractivity (Wildman–Crippen MR) is 132 cm³/mol. The first-order valence-electron chi connectivity index (χ1n) is 10.7. The molecule has 0 saturated heterocycles. The van der Waals surface area contributed by atoms with Crippen LogP contribution in [0.25, 0.3) is 0 Å². The Morgan fingerprint density at radius 1 is 1.19 bits per heavy atom. The van der Waals surface area contributed by atoms with Gasteiger partial charge in [-0.25, -0.2) is 4.68 Å². The van der Waals surface area contributed by atoms with Gasteiger partial charge in [0.1, 0.15) is 6.04 Å². The van der Waals surface area contributed by atoms with Crippen molar-refractivity contribution in [3.63, 3.8) is 0 Å². The molecule has 0 amide bonds. The Hall–Kier alpha value is -2.38. The average molecular weight is 509 g/mol. The van der Waals surface area contributed by atoms with Gasteiger partial charge in [-0.2, -0.15) is 4.98 Å². The van der Waals surface area contributed by atoms with E-state index in [2.05, 4.69) is 78.4 Å². The first kappa shape index (κ1) is 21.5. The molecule has 2 aliphatic rings. The number of allylic oxidation sites excluding steroid dienone is 2. The number of fused-ring (bicyclic) bond motifs is 1. The van der Waals surface area contributed by atoms with Gasteiger partial charge in [-0.3, -0.25) is 4.79 Å². The Morgan fingerprint density at radius 2 is 2.00 bits per heavy atom. The van der Waals surface area contributed by atoms with E-state index >= 15 is 0 Å². The summed E-state index contributed by atoms with van der Waals surface area (Å²) >= 11 is 5.21. The third-order valence-corrected chi connectivity index (χ3v) is 7.47. The van der Waals surface area contributed by atoms with Crippen molar-refractivity contribution in [2.45, 2.75) is 50.6 Å². The molecular formula is C25H25BrN4OS. The Morgan fingerprint density at radius 3 is 2.78 bits per heavy atom. The molecule has 0 radical (unpaired) electrons. The minimum absolute atomic E-state index is 0.0741. The molecule has 1 aliphatic heterocycles. The fraction of sp³-hybridized carbons (Fsp3) is 0.320. The molecule has 0 unspecified atom stereocenters. The fourth-order valence-electron chi connectivity index (χ4n) is 4.55. The number of hydrogen-bond donors (Lipinski definition) is 1. The van der Waals surface area contributed by atoms with Crippen LogP contribution in [0, 0.1) is 12.3 Å². The van der Waals surface area contributed by atoms with Gasteiger partial charge in [0.05, 0.1) is 0 Å². The Labute approximate surface area is 200 Å². The van der Waals surface area contributed by atoms with Gasteiger partial charge in [0.25, 0.3) is 0 Å². The van der Waals surface area contributed by atoms with Crippen LogP contribution in [-0.2, 0) is 10.5 Å². The summed E-state index contributed by atoms with van der Waals surface area (Å²) in [6, 6.07) is 16.2. The number of carbonyl (C=O) groups is 1. The number of hydrogen-bond acceptors (Lipinski definition) is 5. The SMILES string of the molecule is Cc1ccccc1CSc1nc2n(n1)[C@H](c1cccc(Br)c1)C1=C(CC(C)(C)CC1=O)N2. The summed E-state index contributed by atoms with van der Waals surface area (Å²) in [5, 5.41) is 9.01. The first-order chi connectivity index (χ1) is 15.3. The summed E-state index contributed by atoms with van der Waals surface area (Å²) in [5.41, 5.74) is 5.29. The van der Waals surface area contributed by atoms with Crippen molar-refractivity contribution in [3.8, 4) is 0 Å². The van der Waals surface area contributed by atoms with Gasteiger partial charge >= 0.3 is 0 Å². The Kier molecular flexibility index (Phi) is 5.50. The molecule has 1 atom stereocenters. The molecule has 5 nitrogen and oxygen atoms in total. The molecule has 5 rings (SSSR count). The van der Waals surface area contributed by atoms with Crippen LogP contribution in [0.4, 0.5) is 5.95 Å². The zero-order chi connectivity index (χ0) is 22.5. The van der Waals surface area contributed by atoms with Gasteiger partial charge in [-0.15, -0.1) is 5.10 Å². The number of aromatic nitrogens is 3. The maximum Gasteiger partial charge on any atom is 0.227 e. The molecule has 1 N–H and O–H groups in total. The van der Waals surface area contributed by atoms with E-state index in [1.165, 1.54) is 11.1 Å². The second kappa shape index (κ2) is 8.19. The fourth-order valence-corrected chi connectivity index (χ4v) is 5.87. The summed E-state index contributed by atoms with van der Waals surface area (Å²) in [7, 11) is 0. The highest BCUT2D eigenvalue weighted by atomic mass is 79.9. The van der Waals surface area contributed by atoms with Crippen LogP contribution >= 0.6 is 27.7 Å². The maximum absolute atomic E-state index is 13.3. The normalized spacial score (nSPS) is 19.4. The van der Waals surface area contributed by atoms with Crippen LogP contribution in [0.15, 0.2) is 69.4 Å². The number of ketones is 1. The van der Waals surface area contributed by atoms with Crippen molar-refractivity contribution in [2.75, 3.05) is 5.32 Å². The van der Waals surface area contributed by atoms with Gasteiger partial charge in [0.15, 0.2) is 5.78 Å². The third-order valence-electron chi connectivity index (χ3n) is 6.09. The number of thioether (sulfide) groups is 1. The number of anilines is 1. The topological polar surface area (TPSA) is 59.8 Å². The Bertz CT molecular complexity index is 1250. The quantitative estimate of drug-likeness (QED) is 0.419. The molecule has 2 heterocycles. The molecule has 0 fully saturated rings. The van der Waals surface area contributed by atoms with Gasteiger partial charge in [-0.1, -0.05) is 77.9 Å². The summed E-state index contributed by atoms with van der Waals surface area (Å²) in [4.78, 5) is 18.1. The molecule has 32 heavy (non-hydrogen) atoms. The molecule has 1 aliphatic carbocycles. The zero-order valence-electron chi connectivity index (χ0n) is 18.4. The lowest BCUT2D eigenvalue weighted by atomic mass is 9.73. The summed E-state index contributed by atoms with van der Waals surface area (Å²) in [6.07, 6.45) is 1.36. The molecule has 1 aromatic heterocycles. The number of Topliss-reactive ketones (excluding diaryl/α,β-unsaturated/α-hetero) is 1. The van der Waals surface area contributed by atoms with E-state index in [0.29, 0.717) is 17.5 Å². The van der Waals surface area contributed by atoms with Crippen LogP contribution in [-0.4, -0.2) is 20.5 Å². The highest BCUT2D eigenvalue weighted by Gasteiger charge is 2.41. The van der Waals surface area contributed by atoms with E-state index in [9.17, 15) is 4.79 Å². The standard InChI is InChI=1S/C25H25BrN4OS/c1-15-7-4-5-8-17(15)14-32-24-28-23-27-19-12-25(2,3)13-20(31)21(19)22(30(23)29-24)16-9-6-10-18(26)11-16/h4-11,22H,12-14H2,1-3H3,(H,27,28,29)/t22-/m1/s1. The van der Waals surface area contributed by atoms with Gasteiger partial charge in [0, 0.05) is 27.9 Å². The van der Waals surface area contributed by atoms with E-state index in [-0.39, 0.29) is 17.2 Å². The number of nitrogens with zero attached hydrogens (tertiary/aromatic N) is 3. The molecule has 7 heteroatoms. The maximum atomic E-state index is 13.3. The Balaban J connectivity index is 1.54. The first-order valence-corrected chi connectivity index (χ1v) is 12.5. The molecule has 0 spiro atoms. The smallest absolute Gasteiger partial charge is 0.227 e. The van der Waals surface area contributed by atoms with E-state index in [0.717, 1.165) is 33.5 Å². The predicted octanol–water partition coefficient (Wildman–Crippen LogP) is 6.30. The summed E-state index contributed by atoms with van der Waals surface area (Å²) in [5.74, 6) is 1.69. The molecule has 0 bridgehead atoms. The van der Waals surface area contributed by atoms with E-state index in [1.807, 2.05) is 16.8 Å². The summed E-state index contributed by atoms with van der Waals surface area (Å²) < 4.78 is 2.87. The van der Waals surface area contributed by atoms with E-state index in [4.69, 9.17) is 10.1 Å². The lowest BCUT2D eigenvalue weighted by Gasteiger charge is -2.38. The van der Waals surface area contributed by atoms with Crippen LogP contribution < -0.4 is 5.32 Å². The van der Waals surface area contributed by atoms with Crippen molar-refractivity contribution < 1.29 is 4.79 Å². The van der Waals surface area contributed by atoms with Crippen molar-refractivity contribution in [2.24, 2.45) is 5.41 Å². The van der Waals surface area contributed by atoms with Gasteiger partial charge < -0.3 is 5.32 Å². The highest BCUT2D eigenvalue weighted by Crippen LogP contribution is 2.46. The van der Waals surface area contributed by atoms with Gasteiger partial charge in [0.2, 0.25) is 11.1 Å². The molecule has 164 valence electrons. The second-order valence-corrected chi connectivity index (χ2v) is 11.2. The number of halogens is 1. The van der Waals surface area contributed by atoms with Crippen molar-refractivity contribution in [3.05, 3.63) is 81.0 Å². The monoisotopic (exact) mass is 508 g/mol. The molecule has 2 aromatic carbocycles. The molecule has 3 aromatic rings. The van der Waals surface area contributed by atoms with E-state index in [1.54, 1.807) is 11.8 Å². The van der Waals surface area contributed by atoms with Crippen molar-refractivity contribution >= 4 is 39.4 Å². The van der Waals surface area contributed by atoms with Crippen molar-refractivity contribution in [1.82, 2.24) is 14.8 Å². The number of aryl methyl sites for hydroxylation is 1. The van der Waals surface area contributed by atoms with Crippen LogP contribution in [0.5, 0.6) is 0 Å².